The smallest absolute Gasteiger partial charge is 0.411 e. The molecule has 0 unspecified atom stereocenters. The molecule has 1 saturated carbocycles. The van der Waals surface area contributed by atoms with Gasteiger partial charge in [0.2, 0.25) is 0 Å². The molecular weight excluding hydrogens is 247 g/mol. The lowest BCUT2D eigenvalue weighted by atomic mass is 10.3. The number of fused-ring (bicyclic) bond motifs is 1. The van der Waals surface area contributed by atoms with Gasteiger partial charge in [-0.15, -0.1) is 0 Å². The molecule has 0 amide bonds. The predicted molar refractivity (Wildman–Crippen MR) is 60.1 cm³/mol. The zero-order chi connectivity index (χ0) is 13.0. The van der Waals surface area contributed by atoms with E-state index < -0.39 is 11.7 Å². The molecule has 1 aromatic heterocycles. The fourth-order valence-corrected chi connectivity index (χ4v) is 1.80. The van der Waals surface area contributed by atoms with Crippen LogP contribution < -0.4 is 11.1 Å². The fraction of sp³-hybridized carbons (Fsp3) is 0.364. The normalized spacial score (nSPS) is 17.9. The molecule has 1 heterocycles. The number of benzene rings is 1. The molecule has 4 nitrogen and oxygen atoms in total. The van der Waals surface area contributed by atoms with Crippen LogP contribution in [0.2, 0.25) is 0 Å². The Bertz CT molecular complexity index is 601. The molecular formula is C11H10F3N3O. The molecule has 3 rings (SSSR count). The number of aromatic nitrogens is 1. The lowest BCUT2D eigenvalue weighted by Crippen LogP contribution is -2.38. The van der Waals surface area contributed by atoms with Crippen molar-refractivity contribution in [1.82, 2.24) is 4.98 Å². The summed E-state index contributed by atoms with van der Waals surface area (Å²) in [5.41, 5.74) is 5.00. The van der Waals surface area contributed by atoms with E-state index in [-0.39, 0.29) is 18.9 Å². The standard InChI is InChI=1S/C11H10F3N3O/c12-11(13,14)10(3-4-10)17-9-16-7-2-1-6(15)5-8(7)18-9/h1-2,5H,3-4,15H2,(H,16,17). The van der Waals surface area contributed by atoms with Crippen molar-refractivity contribution in [3.8, 4) is 0 Å². The molecule has 7 heteroatoms. The molecule has 1 fully saturated rings. The summed E-state index contributed by atoms with van der Waals surface area (Å²) in [5.74, 6) is 0. The van der Waals surface area contributed by atoms with Gasteiger partial charge < -0.3 is 15.5 Å². The number of hydrogen-bond donors (Lipinski definition) is 2. The average Bonchev–Trinajstić information content (AvgIpc) is 2.92. The highest BCUT2D eigenvalue weighted by molar-refractivity contribution is 5.78. The predicted octanol–water partition coefficient (Wildman–Crippen LogP) is 2.92. The Labute approximate surface area is 100.0 Å². The van der Waals surface area contributed by atoms with Gasteiger partial charge in [-0.2, -0.15) is 18.2 Å². The van der Waals surface area contributed by atoms with Crippen molar-refractivity contribution in [3.05, 3.63) is 18.2 Å². The molecule has 1 aliphatic rings. The Morgan fingerprint density at radius 2 is 2.06 bits per heavy atom. The van der Waals surface area contributed by atoms with Crippen LogP contribution in [0.4, 0.5) is 24.9 Å². The minimum Gasteiger partial charge on any atom is -0.423 e. The van der Waals surface area contributed by atoms with E-state index in [0.717, 1.165) is 0 Å². The summed E-state index contributed by atoms with van der Waals surface area (Å²) in [7, 11) is 0. The number of nitrogens with one attached hydrogen (secondary N) is 1. The highest BCUT2D eigenvalue weighted by Gasteiger charge is 2.64. The SMILES string of the molecule is Nc1ccc2nc(NC3(C(F)(F)F)CC3)oc2c1. The van der Waals surface area contributed by atoms with Crippen molar-refractivity contribution in [2.75, 3.05) is 11.1 Å². The van der Waals surface area contributed by atoms with Crippen molar-refractivity contribution in [2.45, 2.75) is 24.6 Å². The first-order valence-corrected chi connectivity index (χ1v) is 5.41. The molecule has 0 spiro atoms. The molecule has 2 aromatic rings. The van der Waals surface area contributed by atoms with Gasteiger partial charge in [0.1, 0.15) is 11.1 Å². The van der Waals surface area contributed by atoms with Crippen LogP contribution in [0.25, 0.3) is 11.1 Å². The Hall–Kier alpha value is -1.92. The van der Waals surface area contributed by atoms with Crippen LogP contribution in [-0.2, 0) is 0 Å². The molecule has 0 aliphatic heterocycles. The van der Waals surface area contributed by atoms with Gasteiger partial charge in [0.05, 0.1) is 0 Å². The molecule has 3 N–H and O–H groups in total. The Kier molecular flexibility index (Phi) is 2.05. The first-order valence-electron chi connectivity index (χ1n) is 5.41. The van der Waals surface area contributed by atoms with Crippen LogP contribution >= 0.6 is 0 Å². The first kappa shape index (κ1) is 11.2. The number of nitrogens with two attached hydrogens (primary N) is 1. The van der Waals surface area contributed by atoms with Gasteiger partial charge in [0.25, 0.3) is 6.01 Å². The molecule has 96 valence electrons. The van der Waals surface area contributed by atoms with Gasteiger partial charge in [0.15, 0.2) is 5.58 Å². The molecule has 18 heavy (non-hydrogen) atoms. The van der Waals surface area contributed by atoms with Crippen LogP contribution in [0.1, 0.15) is 12.8 Å². The maximum Gasteiger partial charge on any atom is 0.411 e. The van der Waals surface area contributed by atoms with Crippen molar-refractivity contribution in [2.24, 2.45) is 0 Å². The van der Waals surface area contributed by atoms with Crippen LogP contribution in [0.5, 0.6) is 0 Å². The van der Waals surface area contributed by atoms with E-state index in [0.29, 0.717) is 16.8 Å². The summed E-state index contributed by atoms with van der Waals surface area (Å²) < 4.78 is 43.5. The van der Waals surface area contributed by atoms with E-state index in [9.17, 15) is 13.2 Å². The van der Waals surface area contributed by atoms with Crippen molar-refractivity contribution >= 4 is 22.8 Å². The second-order valence-corrected chi connectivity index (χ2v) is 4.45. The van der Waals surface area contributed by atoms with Crippen molar-refractivity contribution in [1.29, 1.82) is 0 Å². The topological polar surface area (TPSA) is 64.1 Å². The van der Waals surface area contributed by atoms with E-state index >= 15 is 0 Å². The highest BCUT2D eigenvalue weighted by atomic mass is 19.4. The van der Waals surface area contributed by atoms with Gasteiger partial charge in [-0.3, -0.25) is 0 Å². The number of nitrogens with zero attached hydrogens (tertiary/aromatic N) is 1. The number of nitrogen functional groups attached to an aromatic ring is 1. The minimum atomic E-state index is -4.30. The van der Waals surface area contributed by atoms with Crippen LogP contribution in [-0.4, -0.2) is 16.7 Å². The first-order chi connectivity index (χ1) is 8.40. The zero-order valence-corrected chi connectivity index (χ0v) is 9.21. The van der Waals surface area contributed by atoms with Crippen LogP contribution in [0.15, 0.2) is 22.6 Å². The van der Waals surface area contributed by atoms with Crippen molar-refractivity contribution < 1.29 is 17.6 Å². The van der Waals surface area contributed by atoms with Crippen LogP contribution in [0, 0.1) is 0 Å². The number of rotatable bonds is 2. The molecule has 1 aromatic carbocycles. The summed E-state index contributed by atoms with van der Waals surface area (Å²) in [6, 6.07) is 4.63. The lowest BCUT2D eigenvalue weighted by molar-refractivity contribution is -0.151. The van der Waals surface area contributed by atoms with Crippen molar-refractivity contribution in [3.63, 3.8) is 0 Å². The summed E-state index contributed by atoms with van der Waals surface area (Å²) in [4.78, 5) is 3.96. The number of alkyl halides is 3. The summed E-state index contributed by atoms with van der Waals surface area (Å²) >= 11 is 0. The number of hydrogen-bond acceptors (Lipinski definition) is 4. The molecule has 0 radical (unpaired) electrons. The zero-order valence-electron chi connectivity index (χ0n) is 9.21. The van der Waals surface area contributed by atoms with E-state index in [1.807, 2.05) is 0 Å². The lowest BCUT2D eigenvalue weighted by Gasteiger charge is -2.19. The molecule has 0 atom stereocenters. The Balaban J connectivity index is 1.92. The highest BCUT2D eigenvalue weighted by Crippen LogP contribution is 2.51. The van der Waals surface area contributed by atoms with Crippen LogP contribution in [0.3, 0.4) is 0 Å². The quantitative estimate of drug-likeness (QED) is 0.812. The summed E-state index contributed by atoms with van der Waals surface area (Å²) in [6.07, 6.45) is -4.22. The monoisotopic (exact) mass is 257 g/mol. The summed E-state index contributed by atoms with van der Waals surface area (Å²) in [6.45, 7) is 0. The van der Waals surface area contributed by atoms with Gasteiger partial charge >= 0.3 is 6.18 Å². The second-order valence-electron chi connectivity index (χ2n) is 4.45. The van der Waals surface area contributed by atoms with E-state index in [1.165, 1.54) is 6.07 Å². The molecule has 0 bridgehead atoms. The summed E-state index contributed by atoms with van der Waals surface area (Å²) in [5, 5.41) is 2.33. The van der Waals surface area contributed by atoms with E-state index in [1.54, 1.807) is 12.1 Å². The second kappa shape index (κ2) is 3.30. The van der Waals surface area contributed by atoms with Gasteiger partial charge in [-0.05, 0) is 25.0 Å². The number of oxazole rings is 1. The largest absolute Gasteiger partial charge is 0.423 e. The average molecular weight is 257 g/mol. The maximum absolute atomic E-state index is 12.7. The third kappa shape index (κ3) is 1.66. The maximum atomic E-state index is 12.7. The van der Waals surface area contributed by atoms with Gasteiger partial charge in [0, 0.05) is 11.8 Å². The fourth-order valence-electron chi connectivity index (χ4n) is 1.80. The van der Waals surface area contributed by atoms with E-state index in [4.69, 9.17) is 10.2 Å². The third-order valence-electron chi connectivity index (χ3n) is 3.05. The van der Waals surface area contributed by atoms with Gasteiger partial charge in [-0.1, -0.05) is 0 Å². The van der Waals surface area contributed by atoms with Gasteiger partial charge in [-0.25, -0.2) is 0 Å². The molecule has 1 aliphatic carbocycles. The molecule has 0 saturated heterocycles. The third-order valence-corrected chi connectivity index (χ3v) is 3.05. The Morgan fingerprint density at radius 3 is 2.67 bits per heavy atom. The number of halogens is 3. The Morgan fingerprint density at radius 1 is 1.33 bits per heavy atom. The van der Waals surface area contributed by atoms with E-state index in [2.05, 4.69) is 10.3 Å². The number of anilines is 2. The minimum absolute atomic E-state index is 0.0391.